The fourth-order valence-electron chi connectivity index (χ4n) is 3.82. The molecule has 0 bridgehead atoms. The predicted octanol–water partition coefficient (Wildman–Crippen LogP) is 2.00. The zero-order valence-electron chi connectivity index (χ0n) is 13.7. The first-order chi connectivity index (χ1) is 10.8. The summed E-state index contributed by atoms with van der Waals surface area (Å²) in [5.41, 5.74) is 0.369. The Hall–Kier alpha value is -1.49. The Morgan fingerprint density at radius 3 is 2.73 bits per heavy atom. The Morgan fingerprint density at radius 2 is 2.14 bits per heavy atom. The summed E-state index contributed by atoms with van der Waals surface area (Å²) in [6.45, 7) is 4.74. The van der Waals surface area contributed by atoms with Crippen molar-refractivity contribution in [2.24, 2.45) is 10.4 Å². The normalized spacial score (nSPS) is 26.4. The lowest BCUT2D eigenvalue weighted by atomic mass is 9.51. The van der Waals surface area contributed by atoms with Gasteiger partial charge in [-0.25, -0.2) is 0 Å². The molecule has 1 spiro atoms. The SMILES string of the molecule is CCOC1CC(NC(=NC)NCCn2cccc2)C12CCC2. The number of aliphatic imine (C=N–C) groups is 1. The van der Waals surface area contributed by atoms with Gasteiger partial charge in [-0.15, -0.1) is 0 Å². The average Bonchev–Trinajstić information content (AvgIpc) is 2.95. The van der Waals surface area contributed by atoms with Crippen molar-refractivity contribution in [2.45, 2.75) is 51.3 Å². The Morgan fingerprint density at radius 1 is 1.36 bits per heavy atom. The molecule has 22 heavy (non-hydrogen) atoms. The van der Waals surface area contributed by atoms with E-state index < -0.39 is 0 Å². The third-order valence-corrected chi connectivity index (χ3v) is 5.30. The number of aromatic nitrogens is 1. The summed E-state index contributed by atoms with van der Waals surface area (Å²) in [6.07, 6.45) is 9.63. The Balaban J connectivity index is 1.47. The summed E-state index contributed by atoms with van der Waals surface area (Å²) in [5, 5.41) is 7.03. The lowest BCUT2D eigenvalue weighted by Crippen LogP contribution is -2.68. The fourth-order valence-corrected chi connectivity index (χ4v) is 3.82. The van der Waals surface area contributed by atoms with Crippen molar-refractivity contribution < 1.29 is 4.74 Å². The molecule has 2 fully saturated rings. The zero-order chi connectivity index (χ0) is 15.4. The van der Waals surface area contributed by atoms with E-state index in [2.05, 4.69) is 51.6 Å². The van der Waals surface area contributed by atoms with Gasteiger partial charge < -0.3 is 19.9 Å². The molecule has 2 unspecified atom stereocenters. The Bertz CT molecular complexity index is 493. The molecule has 0 aromatic carbocycles. The molecule has 1 aromatic rings. The van der Waals surface area contributed by atoms with E-state index in [4.69, 9.17) is 4.74 Å². The molecular formula is C17H28N4O. The second-order valence-electron chi connectivity index (χ2n) is 6.38. The lowest BCUT2D eigenvalue weighted by Gasteiger charge is -2.61. The van der Waals surface area contributed by atoms with Gasteiger partial charge in [0.25, 0.3) is 0 Å². The molecule has 5 heteroatoms. The molecular weight excluding hydrogens is 276 g/mol. The standard InChI is InChI=1S/C17H28N4O/c1-3-22-15-13-14(17(15)7-6-8-17)20-16(18-2)19-9-12-21-10-4-5-11-21/h4-5,10-11,14-15H,3,6-9,12-13H2,1-2H3,(H2,18,19,20). The minimum Gasteiger partial charge on any atom is -0.378 e. The summed E-state index contributed by atoms with van der Waals surface area (Å²) in [7, 11) is 1.84. The van der Waals surface area contributed by atoms with Crippen LogP contribution >= 0.6 is 0 Å². The van der Waals surface area contributed by atoms with Crippen molar-refractivity contribution in [1.82, 2.24) is 15.2 Å². The van der Waals surface area contributed by atoms with E-state index in [0.717, 1.165) is 32.1 Å². The van der Waals surface area contributed by atoms with Gasteiger partial charge >= 0.3 is 0 Å². The maximum Gasteiger partial charge on any atom is 0.191 e. The summed E-state index contributed by atoms with van der Waals surface area (Å²) in [6, 6.07) is 4.61. The van der Waals surface area contributed by atoms with Crippen LogP contribution in [0.5, 0.6) is 0 Å². The molecule has 122 valence electrons. The zero-order valence-corrected chi connectivity index (χ0v) is 13.7. The molecule has 2 saturated carbocycles. The van der Waals surface area contributed by atoms with Crippen molar-refractivity contribution in [3.8, 4) is 0 Å². The van der Waals surface area contributed by atoms with Gasteiger partial charge in [0, 0.05) is 50.6 Å². The van der Waals surface area contributed by atoms with Crippen LogP contribution in [0.3, 0.4) is 0 Å². The molecule has 2 N–H and O–H groups in total. The Labute approximate surface area is 133 Å². The number of guanidine groups is 1. The second-order valence-corrected chi connectivity index (χ2v) is 6.38. The quantitative estimate of drug-likeness (QED) is 0.624. The van der Waals surface area contributed by atoms with E-state index in [1.54, 1.807) is 0 Å². The van der Waals surface area contributed by atoms with Crippen LogP contribution in [0.15, 0.2) is 29.5 Å². The molecule has 3 rings (SSSR count). The maximum absolute atomic E-state index is 5.91. The summed E-state index contributed by atoms with van der Waals surface area (Å²) >= 11 is 0. The van der Waals surface area contributed by atoms with E-state index in [0.29, 0.717) is 17.6 Å². The van der Waals surface area contributed by atoms with Crippen LogP contribution in [-0.2, 0) is 11.3 Å². The third-order valence-electron chi connectivity index (χ3n) is 5.30. The topological polar surface area (TPSA) is 50.6 Å². The van der Waals surface area contributed by atoms with Gasteiger partial charge in [-0.2, -0.15) is 0 Å². The molecule has 0 saturated heterocycles. The van der Waals surface area contributed by atoms with Gasteiger partial charge in [0.2, 0.25) is 0 Å². The van der Waals surface area contributed by atoms with E-state index in [-0.39, 0.29) is 0 Å². The van der Waals surface area contributed by atoms with Gasteiger partial charge in [0.15, 0.2) is 5.96 Å². The summed E-state index contributed by atoms with van der Waals surface area (Å²) in [5.74, 6) is 0.915. The van der Waals surface area contributed by atoms with Gasteiger partial charge in [-0.3, -0.25) is 4.99 Å². The number of nitrogens with zero attached hydrogens (tertiary/aromatic N) is 2. The van der Waals surface area contributed by atoms with Crippen molar-refractivity contribution >= 4 is 5.96 Å². The third kappa shape index (κ3) is 2.86. The molecule has 2 aliphatic carbocycles. The second kappa shape index (κ2) is 6.73. The molecule has 1 heterocycles. The van der Waals surface area contributed by atoms with Crippen LogP contribution in [-0.4, -0.2) is 42.9 Å². The molecule has 0 amide bonds. The first kappa shape index (κ1) is 15.4. The monoisotopic (exact) mass is 304 g/mol. The van der Waals surface area contributed by atoms with Crippen molar-refractivity contribution in [3.05, 3.63) is 24.5 Å². The molecule has 1 aromatic heterocycles. The van der Waals surface area contributed by atoms with Gasteiger partial charge in [-0.05, 0) is 38.3 Å². The minimum atomic E-state index is 0.369. The summed E-state index contributed by atoms with van der Waals surface area (Å²) < 4.78 is 8.08. The van der Waals surface area contributed by atoms with Crippen LogP contribution in [0.4, 0.5) is 0 Å². The maximum atomic E-state index is 5.91. The highest BCUT2D eigenvalue weighted by atomic mass is 16.5. The predicted molar refractivity (Wildman–Crippen MR) is 89.0 cm³/mol. The number of hydrogen-bond donors (Lipinski definition) is 2. The Kier molecular flexibility index (Phi) is 4.71. The van der Waals surface area contributed by atoms with E-state index in [1.165, 1.54) is 19.3 Å². The average molecular weight is 304 g/mol. The molecule has 0 radical (unpaired) electrons. The van der Waals surface area contributed by atoms with Crippen LogP contribution in [0.2, 0.25) is 0 Å². The highest BCUT2D eigenvalue weighted by Gasteiger charge is 2.59. The highest BCUT2D eigenvalue weighted by molar-refractivity contribution is 5.80. The van der Waals surface area contributed by atoms with E-state index >= 15 is 0 Å². The number of ether oxygens (including phenoxy) is 1. The smallest absolute Gasteiger partial charge is 0.191 e. The highest BCUT2D eigenvalue weighted by Crippen LogP contribution is 2.57. The van der Waals surface area contributed by atoms with Crippen LogP contribution in [0.25, 0.3) is 0 Å². The van der Waals surface area contributed by atoms with Gasteiger partial charge in [-0.1, -0.05) is 6.42 Å². The van der Waals surface area contributed by atoms with Crippen LogP contribution < -0.4 is 10.6 Å². The van der Waals surface area contributed by atoms with Crippen molar-refractivity contribution in [1.29, 1.82) is 0 Å². The van der Waals surface area contributed by atoms with Gasteiger partial charge in [0.05, 0.1) is 6.10 Å². The fraction of sp³-hybridized carbons (Fsp3) is 0.706. The summed E-state index contributed by atoms with van der Waals surface area (Å²) in [4.78, 5) is 4.37. The molecule has 2 atom stereocenters. The first-order valence-electron chi connectivity index (χ1n) is 8.48. The molecule has 0 aliphatic heterocycles. The minimum absolute atomic E-state index is 0.369. The van der Waals surface area contributed by atoms with Crippen LogP contribution in [0.1, 0.15) is 32.6 Å². The van der Waals surface area contributed by atoms with Crippen LogP contribution in [0, 0.1) is 5.41 Å². The number of nitrogens with one attached hydrogen (secondary N) is 2. The van der Waals surface area contributed by atoms with E-state index in [1.807, 2.05) is 7.05 Å². The van der Waals surface area contributed by atoms with Crippen molar-refractivity contribution in [3.63, 3.8) is 0 Å². The van der Waals surface area contributed by atoms with Crippen molar-refractivity contribution in [2.75, 3.05) is 20.2 Å². The molecule has 2 aliphatic rings. The number of hydrogen-bond acceptors (Lipinski definition) is 2. The largest absolute Gasteiger partial charge is 0.378 e. The van der Waals surface area contributed by atoms with Gasteiger partial charge in [0.1, 0.15) is 0 Å². The van der Waals surface area contributed by atoms with E-state index in [9.17, 15) is 0 Å². The lowest BCUT2D eigenvalue weighted by molar-refractivity contribution is -0.168. The first-order valence-corrected chi connectivity index (χ1v) is 8.48. The molecule has 5 nitrogen and oxygen atoms in total. The number of rotatable bonds is 6.